The Labute approximate surface area is 149 Å². The highest BCUT2D eigenvalue weighted by Crippen LogP contribution is 2.26. The Bertz CT molecular complexity index is 742. The standard InChI is InChI=1S/C17H19N3O4S/c21-17(19-7-9-24-10-8-19)13-3-4-15(16(12-13)20(22)23)18-6-5-14-2-1-11-25-14/h1-4,11-12,18H,5-10H2. The Morgan fingerprint density at radius 2 is 2.12 bits per heavy atom. The Hall–Kier alpha value is -2.45. The first-order valence-electron chi connectivity index (χ1n) is 8.07. The van der Waals surface area contributed by atoms with Gasteiger partial charge in [-0.3, -0.25) is 14.9 Å². The summed E-state index contributed by atoms with van der Waals surface area (Å²) in [5.41, 5.74) is 0.683. The van der Waals surface area contributed by atoms with Crippen LogP contribution >= 0.6 is 11.3 Å². The molecule has 0 radical (unpaired) electrons. The highest BCUT2D eigenvalue weighted by atomic mass is 32.1. The number of nitrogens with one attached hydrogen (secondary N) is 1. The van der Waals surface area contributed by atoms with Crippen molar-refractivity contribution in [3.05, 3.63) is 56.3 Å². The average molecular weight is 361 g/mol. The Morgan fingerprint density at radius 3 is 2.80 bits per heavy atom. The predicted molar refractivity (Wildman–Crippen MR) is 96.3 cm³/mol. The van der Waals surface area contributed by atoms with E-state index in [1.165, 1.54) is 10.9 Å². The fourth-order valence-corrected chi connectivity index (χ4v) is 3.40. The van der Waals surface area contributed by atoms with Gasteiger partial charge >= 0.3 is 0 Å². The first-order valence-corrected chi connectivity index (χ1v) is 8.95. The zero-order valence-corrected chi connectivity index (χ0v) is 14.5. The molecule has 132 valence electrons. The summed E-state index contributed by atoms with van der Waals surface area (Å²) in [7, 11) is 0. The molecule has 1 amide bonds. The van der Waals surface area contributed by atoms with Gasteiger partial charge in [0.1, 0.15) is 5.69 Å². The molecule has 3 rings (SSSR count). The van der Waals surface area contributed by atoms with Crippen molar-refractivity contribution in [3.63, 3.8) is 0 Å². The first-order chi connectivity index (χ1) is 12.1. The Kier molecular flexibility index (Phi) is 5.62. The molecule has 0 atom stereocenters. The summed E-state index contributed by atoms with van der Waals surface area (Å²) in [5.74, 6) is -0.198. The maximum Gasteiger partial charge on any atom is 0.293 e. The van der Waals surface area contributed by atoms with Crippen LogP contribution in [-0.2, 0) is 11.2 Å². The summed E-state index contributed by atoms with van der Waals surface area (Å²) in [6.45, 7) is 2.60. The van der Waals surface area contributed by atoms with Crippen LogP contribution in [0, 0.1) is 10.1 Å². The predicted octanol–water partition coefficient (Wildman–Crippen LogP) is 2.78. The molecule has 2 heterocycles. The fraction of sp³-hybridized carbons (Fsp3) is 0.353. The minimum Gasteiger partial charge on any atom is -0.379 e. The van der Waals surface area contributed by atoms with Gasteiger partial charge in [0.05, 0.1) is 18.1 Å². The van der Waals surface area contributed by atoms with E-state index in [2.05, 4.69) is 5.32 Å². The van der Waals surface area contributed by atoms with Crippen molar-refractivity contribution in [1.82, 2.24) is 4.90 Å². The van der Waals surface area contributed by atoms with E-state index in [9.17, 15) is 14.9 Å². The molecule has 0 spiro atoms. The van der Waals surface area contributed by atoms with Gasteiger partial charge in [0.2, 0.25) is 0 Å². The van der Waals surface area contributed by atoms with Crippen LogP contribution in [-0.4, -0.2) is 48.6 Å². The van der Waals surface area contributed by atoms with E-state index in [-0.39, 0.29) is 11.6 Å². The lowest BCUT2D eigenvalue weighted by Gasteiger charge is -2.26. The normalized spacial score (nSPS) is 14.3. The van der Waals surface area contributed by atoms with E-state index >= 15 is 0 Å². The third-order valence-electron chi connectivity index (χ3n) is 4.01. The number of thiophene rings is 1. The number of hydrogen-bond donors (Lipinski definition) is 1. The van der Waals surface area contributed by atoms with Crippen LogP contribution in [0.25, 0.3) is 0 Å². The molecule has 1 N–H and O–H groups in total. The number of morpholine rings is 1. The van der Waals surface area contributed by atoms with Crippen molar-refractivity contribution in [2.45, 2.75) is 6.42 Å². The van der Waals surface area contributed by atoms with E-state index in [1.807, 2.05) is 17.5 Å². The topological polar surface area (TPSA) is 84.7 Å². The molecular formula is C17H19N3O4S. The van der Waals surface area contributed by atoms with Gasteiger partial charge in [-0.2, -0.15) is 0 Å². The monoisotopic (exact) mass is 361 g/mol. The van der Waals surface area contributed by atoms with Gasteiger partial charge in [-0.1, -0.05) is 6.07 Å². The molecule has 0 bridgehead atoms. The van der Waals surface area contributed by atoms with Gasteiger partial charge in [-0.25, -0.2) is 0 Å². The quantitative estimate of drug-likeness (QED) is 0.632. The summed E-state index contributed by atoms with van der Waals surface area (Å²) >= 11 is 1.66. The number of anilines is 1. The summed E-state index contributed by atoms with van der Waals surface area (Å²) in [6.07, 6.45) is 0.795. The minimum atomic E-state index is -0.455. The summed E-state index contributed by atoms with van der Waals surface area (Å²) in [6, 6.07) is 8.61. The van der Waals surface area contributed by atoms with Crippen molar-refractivity contribution in [1.29, 1.82) is 0 Å². The number of ether oxygens (including phenoxy) is 1. The zero-order chi connectivity index (χ0) is 17.6. The molecule has 25 heavy (non-hydrogen) atoms. The maximum atomic E-state index is 12.5. The molecule has 8 heteroatoms. The highest BCUT2D eigenvalue weighted by Gasteiger charge is 2.22. The van der Waals surface area contributed by atoms with Gasteiger partial charge in [0.15, 0.2) is 0 Å². The number of carbonyl (C=O) groups excluding carboxylic acids is 1. The van der Waals surface area contributed by atoms with Crippen LogP contribution in [0.3, 0.4) is 0 Å². The Morgan fingerprint density at radius 1 is 1.32 bits per heavy atom. The van der Waals surface area contributed by atoms with Crippen LogP contribution in [0.2, 0.25) is 0 Å². The van der Waals surface area contributed by atoms with Crippen LogP contribution in [0.1, 0.15) is 15.2 Å². The Balaban J connectivity index is 1.71. The van der Waals surface area contributed by atoms with E-state index in [1.54, 1.807) is 28.4 Å². The number of carbonyl (C=O) groups is 1. The number of hydrogen-bond acceptors (Lipinski definition) is 6. The van der Waals surface area contributed by atoms with E-state index in [0.29, 0.717) is 44.1 Å². The molecule has 1 saturated heterocycles. The largest absolute Gasteiger partial charge is 0.379 e. The number of amides is 1. The second-order valence-electron chi connectivity index (χ2n) is 5.65. The van der Waals surface area contributed by atoms with Gasteiger partial charge in [-0.15, -0.1) is 11.3 Å². The number of nitro benzene ring substituents is 1. The molecule has 7 nitrogen and oxygen atoms in total. The van der Waals surface area contributed by atoms with Crippen LogP contribution in [0.15, 0.2) is 35.7 Å². The van der Waals surface area contributed by atoms with Crippen molar-refractivity contribution >= 4 is 28.6 Å². The molecule has 0 aliphatic carbocycles. The molecule has 2 aromatic rings. The molecule has 0 unspecified atom stereocenters. The first kappa shape index (κ1) is 17.4. The smallest absolute Gasteiger partial charge is 0.293 e. The number of rotatable bonds is 6. The second-order valence-corrected chi connectivity index (χ2v) is 6.68. The van der Waals surface area contributed by atoms with Crippen molar-refractivity contribution in [2.24, 2.45) is 0 Å². The lowest BCUT2D eigenvalue weighted by molar-refractivity contribution is -0.384. The van der Waals surface area contributed by atoms with Crippen molar-refractivity contribution in [3.8, 4) is 0 Å². The van der Waals surface area contributed by atoms with E-state index in [4.69, 9.17) is 4.74 Å². The number of nitro groups is 1. The summed E-state index contributed by atoms with van der Waals surface area (Å²) in [5, 5.41) is 16.5. The molecule has 0 saturated carbocycles. The minimum absolute atomic E-state index is 0.0784. The molecule has 1 aliphatic rings. The SMILES string of the molecule is O=C(c1ccc(NCCc2cccs2)c([N+](=O)[O-])c1)N1CCOCC1. The number of benzene rings is 1. The second kappa shape index (κ2) is 8.09. The van der Waals surface area contributed by atoms with Crippen LogP contribution < -0.4 is 5.32 Å². The van der Waals surface area contributed by atoms with Crippen molar-refractivity contribution < 1.29 is 14.5 Å². The highest BCUT2D eigenvalue weighted by molar-refractivity contribution is 7.09. The molecule has 1 aromatic heterocycles. The summed E-state index contributed by atoms with van der Waals surface area (Å²) in [4.78, 5) is 26.3. The maximum absolute atomic E-state index is 12.5. The van der Waals surface area contributed by atoms with Gasteiger partial charge in [0.25, 0.3) is 11.6 Å². The molecular weight excluding hydrogens is 342 g/mol. The van der Waals surface area contributed by atoms with Gasteiger partial charge in [0, 0.05) is 36.1 Å². The third-order valence-corrected chi connectivity index (χ3v) is 4.94. The zero-order valence-electron chi connectivity index (χ0n) is 13.6. The van der Waals surface area contributed by atoms with Crippen LogP contribution in [0.4, 0.5) is 11.4 Å². The van der Waals surface area contributed by atoms with Crippen LogP contribution in [0.5, 0.6) is 0 Å². The van der Waals surface area contributed by atoms with E-state index < -0.39 is 4.92 Å². The average Bonchev–Trinajstić information content (AvgIpc) is 3.15. The molecule has 1 aromatic carbocycles. The van der Waals surface area contributed by atoms with Gasteiger partial charge in [-0.05, 0) is 30.0 Å². The number of nitrogens with zero attached hydrogens (tertiary/aromatic N) is 2. The molecule has 1 aliphatic heterocycles. The van der Waals surface area contributed by atoms with Crippen molar-refractivity contribution in [2.75, 3.05) is 38.2 Å². The summed E-state index contributed by atoms with van der Waals surface area (Å²) < 4.78 is 5.23. The fourth-order valence-electron chi connectivity index (χ4n) is 2.69. The van der Waals surface area contributed by atoms with Gasteiger partial charge < -0.3 is 15.0 Å². The lowest BCUT2D eigenvalue weighted by Crippen LogP contribution is -2.40. The lowest BCUT2D eigenvalue weighted by atomic mass is 10.1. The third kappa shape index (κ3) is 4.34. The molecule has 1 fully saturated rings. The van der Waals surface area contributed by atoms with E-state index in [0.717, 1.165) is 6.42 Å².